The van der Waals surface area contributed by atoms with Crippen molar-refractivity contribution in [2.24, 2.45) is 0 Å². The summed E-state index contributed by atoms with van der Waals surface area (Å²) in [5, 5.41) is 0. The Labute approximate surface area is 511 Å². The Hall–Kier alpha value is 0.560. The fourth-order valence-electron chi connectivity index (χ4n) is 8.05. The Morgan fingerprint density at radius 3 is 0.769 bits per heavy atom. The predicted molar refractivity (Wildman–Crippen MR) is 355 cm³/mol. The molecule has 462 valence electrons. The molecule has 0 heterocycles. The van der Waals surface area contributed by atoms with Crippen molar-refractivity contribution in [3.8, 4) is 0 Å². The summed E-state index contributed by atoms with van der Waals surface area (Å²) >= 11 is 0. The molecule has 0 aromatic heterocycles. The second-order valence-electron chi connectivity index (χ2n) is 21.0. The van der Waals surface area contributed by atoms with Gasteiger partial charge in [-0.1, -0.05) is 217 Å². The van der Waals surface area contributed by atoms with E-state index in [1.807, 2.05) is 70.9 Å². The van der Waals surface area contributed by atoms with Crippen molar-refractivity contribution in [1.29, 1.82) is 0 Å². The van der Waals surface area contributed by atoms with E-state index in [0.717, 1.165) is 85.0 Å². The molecule has 0 bridgehead atoms. The lowest BCUT2D eigenvalue weighted by molar-refractivity contribution is -0.149. The summed E-state index contributed by atoms with van der Waals surface area (Å²) in [4.78, 5) is 59.0. The Bertz CT molecular complexity index is 1200. The van der Waals surface area contributed by atoms with Gasteiger partial charge in [0.15, 0.2) is 0 Å². The normalized spacial score (nSPS) is 13.3. The maximum absolute atomic E-state index is 13.1. The molecule has 0 aromatic carbocycles. The molecule has 0 saturated heterocycles. The Morgan fingerprint density at radius 2 is 0.538 bits per heavy atom. The monoisotopic (exact) mass is 1250 g/mol. The average molecular weight is 1250 g/mol. The van der Waals surface area contributed by atoms with Crippen LogP contribution in [0.2, 0.25) is 0 Å². The number of carbonyl (C=O) groups is 4. The molecule has 19 heteroatoms. The summed E-state index contributed by atoms with van der Waals surface area (Å²) in [6.07, 6.45) is 27.7. The summed E-state index contributed by atoms with van der Waals surface area (Å²) < 4.78 is 23.3. The van der Waals surface area contributed by atoms with Crippen molar-refractivity contribution < 1.29 is 38.1 Å². The van der Waals surface area contributed by atoms with E-state index in [0.29, 0.717) is 26.2 Å². The third-order valence-corrected chi connectivity index (χ3v) is 23.3. The first kappa shape index (κ1) is 78.6. The quantitative estimate of drug-likeness (QED) is 0.0249. The number of hydrogen-bond donors (Lipinski definition) is 0. The molecular weight excluding hydrogens is 1140 g/mol. The van der Waals surface area contributed by atoms with Crippen molar-refractivity contribution in [3.63, 3.8) is 0 Å². The number of hydrogen-bond acceptors (Lipinski definition) is 19. The van der Waals surface area contributed by atoms with Crippen LogP contribution in [-0.2, 0) is 38.1 Å². The number of carbonyl (C=O) groups excluding carboxylic acids is 4. The number of unbranched alkanes of at least 4 members (excludes halogenated alkanes) is 16. The van der Waals surface area contributed by atoms with E-state index < -0.39 is 0 Å². The van der Waals surface area contributed by atoms with Crippen LogP contribution in [0.5, 0.6) is 0 Å². The fraction of sp³-hybridized carbons (Fsp3) is 0.932. The number of esters is 4. The highest BCUT2D eigenvalue weighted by molar-refractivity contribution is 8.77. The van der Waals surface area contributed by atoms with Crippen molar-refractivity contribution in [2.45, 2.75) is 247 Å². The molecule has 0 amide bonds. The van der Waals surface area contributed by atoms with E-state index >= 15 is 0 Å². The predicted octanol–water partition coefficient (Wildman–Crippen LogP) is 17.0. The zero-order valence-corrected chi connectivity index (χ0v) is 57.4. The second kappa shape index (κ2) is 59.3. The third kappa shape index (κ3) is 55.7. The number of ether oxygens (including phenoxy) is 4. The molecule has 0 aliphatic heterocycles. The highest BCUT2D eigenvalue weighted by Gasteiger charge is 2.19. The molecule has 0 N–H and O–H groups in total. The molecule has 0 rings (SSSR count). The van der Waals surface area contributed by atoms with Gasteiger partial charge < -0.3 is 33.6 Å². The van der Waals surface area contributed by atoms with Gasteiger partial charge in [0.2, 0.25) is 0 Å². The van der Waals surface area contributed by atoms with Gasteiger partial charge in [0.25, 0.3) is 0 Å². The van der Waals surface area contributed by atoms with E-state index in [4.69, 9.17) is 18.9 Å². The fourth-order valence-corrected chi connectivity index (χ4v) is 17.5. The van der Waals surface area contributed by atoms with Crippen LogP contribution in [0.3, 0.4) is 0 Å². The first-order valence-corrected chi connectivity index (χ1v) is 40.7. The van der Waals surface area contributed by atoms with Gasteiger partial charge in [-0.3, -0.25) is 19.2 Å². The van der Waals surface area contributed by atoms with Crippen LogP contribution in [-0.4, -0.2) is 168 Å². The van der Waals surface area contributed by atoms with E-state index in [-0.39, 0.29) is 74.0 Å². The minimum atomic E-state index is -0.199. The molecule has 4 unspecified atom stereocenters. The summed E-state index contributed by atoms with van der Waals surface area (Å²) in [7, 11) is 16.8. The van der Waals surface area contributed by atoms with Gasteiger partial charge >= 0.3 is 23.9 Å². The van der Waals surface area contributed by atoms with Crippen LogP contribution in [0.4, 0.5) is 0 Å². The lowest BCUT2D eigenvalue weighted by atomic mass is 10.2. The molecular formula is C59H115N3O8S8. The largest absolute Gasteiger partial charge is 0.462 e. The zero-order chi connectivity index (χ0) is 57.5. The van der Waals surface area contributed by atoms with Crippen molar-refractivity contribution in [2.75, 3.05) is 105 Å². The standard InChI is InChI=1S/C59H115N3O8S8/c1-10-14-18-22-26-44-71-75-48-52(5)67-56(63)32-40-61(41-33-57(64)68-53(6)49-76-72-45-27-23-19-15-11-2)38-30-36-60(9)37-31-39-62(42-34-58(65)69-54(7)50-77-73-46-28-24-20-16-12-3)43-35-59(66)70-55(8)51-78-74-47-29-25-21-17-13-4/h52-55H,10-51H2,1-9H3. The van der Waals surface area contributed by atoms with Crippen LogP contribution in [0.15, 0.2) is 0 Å². The van der Waals surface area contributed by atoms with Gasteiger partial charge in [0.05, 0.1) is 25.7 Å². The molecule has 0 fully saturated rings. The molecule has 4 atom stereocenters. The van der Waals surface area contributed by atoms with Crippen LogP contribution < -0.4 is 0 Å². The molecule has 0 aliphatic carbocycles. The van der Waals surface area contributed by atoms with Gasteiger partial charge in [-0.15, -0.1) is 0 Å². The van der Waals surface area contributed by atoms with Gasteiger partial charge in [-0.25, -0.2) is 0 Å². The van der Waals surface area contributed by atoms with E-state index in [9.17, 15) is 19.2 Å². The number of nitrogens with zero attached hydrogens (tertiary/aromatic N) is 3. The van der Waals surface area contributed by atoms with E-state index in [1.54, 1.807) is 43.2 Å². The molecule has 11 nitrogen and oxygen atoms in total. The Balaban J connectivity index is 5.32. The number of rotatable bonds is 60. The molecule has 0 aromatic rings. The highest BCUT2D eigenvalue weighted by atomic mass is 33.1. The SMILES string of the molecule is CCCCCCCSSCC(C)OC(=O)CCN(CCCN(C)CCCN(CCC(=O)OC(C)CSSCCCCCCC)CCC(=O)OC(C)CSSCCCCCCC)CCC(=O)OC(C)CSSCCCCCCC. The summed E-state index contributed by atoms with van der Waals surface area (Å²) in [6, 6.07) is 0. The van der Waals surface area contributed by atoms with Crippen molar-refractivity contribution >= 4 is 110 Å². The maximum Gasteiger partial charge on any atom is 0.307 e. The highest BCUT2D eigenvalue weighted by Crippen LogP contribution is 2.28. The summed E-state index contributed by atoms with van der Waals surface area (Å²) in [5.74, 6) is 6.79. The Morgan fingerprint density at radius 1 is 0.308 bits per heavy atom. The molecule has 0 spiro atoms. The first-order chi connectivity index (χ1) is 37.8. The molecule has 78 heavy (non-hydrogen) atoms. The van der Waals surface area contributed by atoms with Crippen LogP contribution in [0.1, 0.15) is 222 Å². The van der Waals surface area contributed by atoms with Crippen LogP contribution >= 0.6 is 86.4 Å². The third-order valence-electron chi connectivity index (χ3n) is 12.8. The first-order valence-electron chi connectivity index (χ1n) is 30.7. The smallest absolute Gasteiger partial charge is 0.307 e. The van der Waals surface area contributed by atoms with Crippen molar-refractivity contribution in [3.05, 3.63) is 0 Å². The minimum Gasteiger partial charge on any atom is -0.462 e. The summed E-state index contributed by atoms with van der Waals surface area (Å²) in [6.45, 7) is 22.1. The van der Waals surface area contributed by atoms with Crippen molar-refractivity contribution in [1.82, 2.24) is 14.7 Å². The molecule has 0 radical (unpaired) electrons. The van der Waals surface area contributed by atoms with Gasteiger partial charge in [-0.2, -0.15) is 0 Å². The van der Waals surface area contributed by atoms with E-state index in [1.165, 1.54) is 128 Å². The molecule has 0 saturated carbocycles. The molecule has 0 aliphatic rings. The maximum atomic E-state index is 13.1. The van der Waals surface area contributed by atoms with Crippen LogP contribution in [0, 0.1) is 0 Å². The Kier molecular flexibility index (Phi) is 59.7. The minimum absolute atomic E-state index is 0.155. The van der Waals surface area contributed by atoms with Gasteiger partial charge in [0, 0.05) is 72.2 Å². The summed E-state index contributed by atoms with van der Waals surface area (Å²) in [5.41, 5.74) is 0. The average Bonchev–Trinajstić information content (AvgIpc) is 3.40. The van der Waals surface area contributed by atoms with Gasteiger partial charge in [0.1, 0.15) is 24.4 Å². The van der Waals surface area contributed by atoms with Gasteiger partial charge in [-0.05, 0) is 99.4 Å². The van der Waals surface area contributed by atoms with E-state index in [2.05, 4.69) is 49.4 Å². The topological polar surface area (TPSA) is 115 Å². The lowest BCUT2D eigenvalue weighted by Crippen LogP contribution is -2.35. The van der Waals surface area contributed by atoms with Crippen LogP contribution in [0.25, 0.3) is 0 Å². The zero-order valence-electron chi connectivity index (χ0n) is 50.9. The second-order valence-corrected chi connectivity index (χ2v) is 31.5. The lowest BCUT2D eigenvalue weighted by Gasteiger charge is -2.25.